The highest BCUT2D eigenvalue weighted by Crippen LogP contribution is 2.52. The molecule has 0 aliphatic carbocycles. The molecule has 0 amide bonds. The van der Waals surface area contributed by atoms with Gasteiger partial charge in [-0.1, -0.05) is 91.0 Å². The molecule has 7 aromatic rings. The van der Waals surface area contributed by atoms with Crippen LogP contribution in [0.1, 0.15) is 0 Å². The van der Waals surface area contributed by atoms with E-state index in [0.29, 0.717) is 0 Å². The molecule has 1 atom stereocenters. The van der Waals surface area contributed by atoms with E-state index >= 15 is 0 Å². The number of furan rings is 1. The van der Waals surface area contributed by atoms with Gasteiger partial charge in [0.05, 0.1) is 5.30 Å². The van der Waals surface area contributed by atoms with Crippen molar-refractivity contribution in [2.75, 3.05) is 0 Å². The van der Waals surface area contributed by atoms with Crippen LogP contribution in [0, 0.1) is 0 Å². The molecule has 1 unspecified atom stereocenters. The van der Waals surface area contributed by atoms with Crippen LogP contribution < -0.4 is 25.4 Å². The van der Waals surface area contributed by atoms with Crippen molar-refractivity contribution in [3.05, 3.63) is 127 Å². The second-order valence-corrected chi connectivity index (χ2v) is 12.2. The zero-order chi connectivity index (χ0) is 26.2. The van der Waals surface area contributed by atoms with E-state index < -0.39 is 7.92 Å². The third-order valence-electron chi connectivity index (χ3n) is 7.87. The Morgan fingerprint density at radius 1 is 0.450 bits per heavy atom. The van der Waals surface area contributed by atoms with Gasteiger partial charge in [0, 0.05) is 34.9 Å². The van der Waals surface area contributed by atoms with Gasteiger partial charge in [0.2, 0.25) is 0 Å². The Morgan fingerprint density at radius 2 is 1.10 bits per heavy atom. The van der Waals surface area contributed by atoms with Gasteiger partial charge in [-0.15, -0.1) is 0 Å². The van der Waals surface area contributed by atoms with Crippen LogP contribution in [0.4, 0.5) is 0 Å². The van der Waals surface area contributed by atoms with Crippen molar-refractivity contribution < 1.29 is 13.9 Å². The fourth-order valence-electron chi connectivity index (χ4n) is 6.00. The van der Waals surface area contributed by atoms with E-state index in [-0.39, 0.29) is 0 Å². The van der Waals surface area contributed by atoms with Crippen molar-refractivity contribution in [2.45, 2.75) is 0 Å². The van der Waals surface area contributed by atoms with E-state index in [2.05, 4.69) is 97.1 Å². The van der Waals surface area contributed by atoms with E-state index in [1.54, 1.807) is 0 Å². The van der Waals surface area contributed by atoms with Crippen LogP contribution >= 0.6 is 7.92 Å². The molecule has 9 rings (SSSR count). The van der Waals surface area contributed by atoms with Crippen LogP contribution in [0.5, 0.6) is 23.0 Å². The van der Waals surface area contributed by atoms with Crippen molar-refractivity contribution in [2.24, 2.45) is 0 Å². The van der Waals surface area contributed by atoms with Gasteiger partial charge >= 0.3 is 0 Å². The van der Waals surface area contributed by atoms with Gasteiger partial charge in [0.25, 0.3) is 0 Å². The summed E-state index contributed by atoms with van der Waals surface area (Å²) in [7, 11) is -0.754. The molecular formula is C36H21O3P. The molecule has 3 heterocycles. The lowest BCUT2D eigenvalue weighted by Gasteiger charge is -2.34. The zero-order valence-electron chi connectivity index (χ0n) is 21.3. The maximum Gasteiger partial charge on any atom is 0.143 e. The summed E-state index contributed by atoms with van der Waals surface area (Å²) in [5.41, 5.74) is 6.35. The fourth-order valence-corrected chi connectivity index (χ4v) is 8.55. The molecule has 1 aromatic heterocycles. The zero-order valence-corrected chi connectivity index (χ0v) is 22.2. The maximum atomic E-state index is 6.50. The molecule has 0 spiro atoms. The number of hydrogen-bond donors (Lipinski definition) is 0. The Hall–Kier alpha value is -4.85. The Morgan fingerprint density at radius 3 is 2.00 bits per heavy atom. The molecule has 6 aromatic carbocycles. The molecular weight excluding hydrogens is 511 g/mol. The normalized spacial score (nSPS) is 14.7. The number of para-hydroxylation sites is 3. The minimum atomic E-state index is -0.754. The summed E-state index contributed by atoms with van der Waals surface area (Å²) in [4.78, 5) is 0. The first-order valence-electron chi connectivity index (χ1n) is 13.3. The maximum absolute atomic E-state index is 6.50. The summed E-state index contributed by atoms with van der Waals surface area (Å²) in [6.45, 7) is 0. The van der Waals surface area contributed by atoms with Crippen LogP contribution in [0.25, 0.3) is 44.2 Å². The molecule has 0 fully saturated rings. The largest absolute Gasteiger partial charge is 0.456 e. The quantitative estimate of drug-likeness (QED) is 0.208. The summed E-state index contributed by atoms with van der Waals surface area (Å²) in [5.74, 6) is 3.63. The van der Waals surface area contributed by atoms with Gasteiger partial charge in [-0.3, -0.25) is 0 Å². The second kappa shape index (κ2) is 8.32. The van der Waals surface area contributed by atoms with Gasteiger partial charge in [-0.25, -0.2) is 0 Å². The van der Waals surface area contributed by atoms with Crippen LogP contribution in [0.2, 0.25) is 0 Å². The number of fused-ring (bicyclic) bond motifs is 7. The van der Waals surface area contributed by atoms with Crippen LogP contribution in [0.15, 0.2) is 132 Å². The summed E-state index contributed by atoms with van der Waals surface area (Å²) in [6.07, 6.45) is 0. The average Bonchev–Trinajstić information content (AvgIpc) is 3.40. The van der Waals surface area contributed by atoms with E-state index in [1.807, 2.05) is 30.3 Å². The molecule has 40 heavy (non-hydrogen) atoms. The van der Waals surface area contributed by atoms with Crippen LogP contribution in [0.3, 0.4) is 0 Å². The van der Waals surface area contributed by atoms with Gasteiger partial charge in [-0.05, 0) is 53.1 Å². The first-order chi connectivity index (χ1) is 19.8. The molecule has 0 N–H and O–H groups in total. The number of benzene rings is 6. The molecule has 2 aliphatic heterocycles. The third-order valence-corrected chi connectivity index (χ3v) is 10.5. The number of ether oxygens (including phenoxy) is 2. The molecule has 0 bridgehead atoms. The van der Waals surface area contributed by atoms with Crippen molar-refractivity contribution in [1.82, 2.24) is 0 Å². The highest BCUT2D eigenvalue weighted by atomic mass is 31.1. The van der Waals surface area contributed by atoms with Crippen LogP contribution in [-0.4, -0.2) is 0 Å². The second-order valence-electron chi connectivity index (χ2n) is 10.2. The van der Waals surface area contributed by atoms with Crippen molar-refractivity contribution in [3.63, 3.8) is 0 Å². The molecule has 2 aliphatic rings. The van der Waals surface area contributed by atoms with E-state index in [1.165, 1.54) is 15.9 Å². The summed E-state index contributed by atoms with van der Waals surface area (Å²) in [6, 6.07) is 44.4. The molecule has 3 nitrogen and oxygen atoms in total. The standard InChI is InChI=1S/C36H21O3P/c1-2-10-28-26(7-1)27-9-5-8-25(35(27)39-28)23-17-15-22(16-18-23)24-19-20-34-32(21-24)38-31-13-6-12-30-36(31)40(34)33-14-4-3-11-29(33)37-30/h1-21H. The molecule has 188 valence electrons. The SMILES string of the molecule is c1ccc2c(c1)Oc1cccc3c1P2c1ccc(-c2ccc(-c4cccc5c4oc4ccccc45)cc2)cc1O3. The minimum absolute atomic E-state index is 0.754. The smallest absolute Gasteiger partial charge is 0.143 e. The lowest BCUT2D eigenvalue weighted by Crippen LogP contribution is -2.31. The molecule has 4 heteroatoms. The van der Waals surface area contributed by atoms with Crippen molar-refractivity contribution >= 4 is 45.8 Å². The average molecular weight is 533 g/mol. The first-order valence-corrected chi connectivity index (χ1v) is 14.7. The number of hydrogen-bond acceptors (Lipinski definition) is 3. The summed E-state index contributed by atoms with van der Waals surface area (Å²) < 4.78 is 19.0. The lowest BCUT2D eigenvalue weighted by atomic mass is 9.98. The minimum Gasteiger partial charge on any atom is -0.456 e. The molecule has 0 saturated carbocycles. The van der Waals surface area contributed by atoms with Gasteiger partial charge in [-0.2, -0.15) is 0 Å². The Labute approximate surface area is 232 Å². The van der Waals surface area contributed by atoms with E-state index in [4.69, 9.17) is 13.9 Å². The predicted octanol–water partition coefficient (Wildman–Crippen LogP) is 8.89. The number of rotatable bonds is 2. The lowest BCUT2D eigenvalue weighted by molar-refractivity contribution is 0.466. The van der Waals surface area contributed by atoms with Crippen molar-refractivity contribution in [3.8, 4) is 45.3 Å². The van der Waals surface area contributed by atoms with Crippen molar-refractivity contribution in [1.29, 1.82) is 0 Å². The molecule has 0 saturated heterocycles. The topological polar surface area (TPSA) is 31.6 Å². The highest BCUT2D eigenvalue weighted by Gasteiger charge is 2.36. The highest BCUT2D eigenvalue weighted by molar-refractivity contribution is 7.80. The molecule has 0 radical (unpaired) electrons. The monoisotopic (exact) mass is 532 g/mol. The third kappa shape index (κ3) is 3.16. The van der Waals surface area contributed by atoms with Gasteiger partial charge in [0.1, 0.15) is 34.2 Å². The summed E-state index contributed by atoms with van der Waals surface area (Å²) in [5, 5.41) is 5.92. The Balaban J connectivity index is 1.12. The van der Waals surface area contributed by atoms with Gasteiger partial charge in [0.15, 0.2) is 0 Å². The first kappa shape index (κ1) is 22.0. The van der Waals surface area contributed by atoms with E-state index in [0.717, 1.165) is 67.2 Å². The van der Waals surface area contributed by atoms with Gasteiger partial charge < -0.3 is 13.9 Å². The predicted molar refractivity (Wildman–Crippen MR) is 163 cm³/mol. The summed E-state index contributed by atoms with van der Waals surface area (Å²) >= 11 is 0. The Kier molecular flexibility index (Phi) is 4.58. The fraction of sp³-hybridized carbons (Fsp3) is 0. The Bertz CT molecular complexity index is 2120. The van der Waals surface area contributed by atoms with Crippen LogP contribution in [-0.2, 0) is 0 Å². The van der Waals surface area contributed by atoms with E-state index in [9.17, 15) is 0 Å².